The van der Waals surface area contributed by atoms with E-state index in [0.717, 1.165) is 34.2 Å². The largest absolute Gasteiger partial charge is 0.465 e. The summed E-state index contributed by atoms with van der Waals surface area (Å²) in [6.45, 7) is 8.30. The van der Waals surface area contributed by atoms with E-state index in [1.165, 1.54) is 39.9 Å². The van der Waals surface area contributed by atoms with Crippen LogP contribution in [0.25, 0.3) is 10.2 Å². The van der Waals surface area contributed by atoms with E-state index in [-0.39, 0.29) is 23.6 Å². The molecule has 0 saturated carbocycles. The lowest BCUT2D eigenvalue weighted by atomic mass is 10.1. The molecule has 0 spiro atoms. The van der Waals surface area contributed by atoms with Gasteiger partial charge in [-0.15, -0.1) is 0 Å². The minimum absolute atomic E-state index is 0.0644. The number of unbranched alkanes of at least 4 members (excludes halogenated alkanes) is 1. The molecule has 0 saturated heterocycles. The molecule has 35 heavy (non-hydrogen) atoms. The highest BCUT2D eigenvalue weighted by atomic mass is 32.2. The number of benzene rings is 2. The zero-order valence-electron chi connectivity index (χ0n) is 20.7. The lowest BCUT2D eigenvalue weighted by molar-refractivity contribution is -0.143. The van der Waals surface area contributed by atoms with Gasteiger partial charge in [0.25, 0.3) is 5.91 Å². The first-order chi connectivity index (χ1) is 16.6. The fraction of sp³-hybridized carbons (Fsp3) is 0.400. The van der Waals surface area contributed by atoms with Crippen molar-refractivity contribution in [2.24, 2.45) is 4.99 Å². The number of carbonyl (C=O) groups excluding carboxylic acids is 2. The van der Waals surface area contributed by atoms with Crippen LogP contribution in [0.1, 0.15) is 48.2 Å². The summed E-state index contributed by atoms with van der Waals surface area (Å²) in [5.74, 6) is -0.936. The molecule has 10 heteroatoms. The number of hydrogen-bond acceptors (Lipinski definition) is 6. The highest BCUT2D eigenvalue weighted by molar-refractivity contribution is 7.89. The Morgan fingerprint density at radius 1 is 1.11 bits per heavy atom. The van der Waals surface area contributed by atoms with E-state index in [1.807, 2.05) is 32.9 Å². The normalized spacial score (nSPS) is 12.5. The molecule has 3 rings (SSSR count). The van der Waals surface area contributed by atoms with Crippen molar-refractivity contribution in [1.82, 2.24) is 8.87 Å². The quantitative estimate of drug-likeness (QED) is 0.399. The Morgan fingerprint density at radius 2 is 1.80 bits per heavy atom. The van der Waals surface area contributed by atoms with Crippen LogP contribution in [0.2, 0.25) is 0 Å². The van der Waals surface area contributed by atoms with Gasteiger partial charge >= 0.3 is 5.97 Å². The SMILES string of the molecule is CCCCN(C)S(=O)(=O)c1ccc(C(=O)N=c2sc3cc(C)cc(C)c3n2CC(=O)OCC)cc1. The summed E-state index contributed by atoms with van der Waals surface area (Å²) in [6.07, 6.45) is 1.66. The van der Waals surface area contributed by atoms with Crippen molar-refractivity contribution in [1.29, 1.82) is 0 Å². The van der Waals surface area contributed by atoms with Gasteiger partial charge in [0.1, 0.15) is 6.54 Å². The highest BCUT2D eigenvalue weighted by Gasteiger charge is 2.21. The highest BCUT2D eigenvalue weighted by Crippen LogP contribution is 2.23. The van der Waals surface area contributed by atoms with Crippen molar-refractivity contribution in [3.8, 4) is 0 Å². The molecule has 2 aromatic carbocycles. The van der Waals surface area contributed by atoms with Gasteiger partial charge in [-0.3, -0.25) is 9.59 Å². The minimum Gasteiger partial charge on any atom is -0.465 e. The summed E-state index contributed by atoms with van der Waals surface area (Å²) in [4.78, 5) is 30.1. The number of hydrogen-bond donors (Lipinski definition) is 0. The van der Waals surface area contributed by atoms with Crippen LogP contribution in [0.3, 0.4) is 0 Å². The third-order valence-electron chi connectivity index (χ3n) is 5.54. The lowest BCUT2D eigenvalue weighted by Gasteiger charge is -2.16. The second-order valence-electron chi connectivity index (χ2n) is 8.33. The van der Waals surface area contributed by atoms with Gasteiger partial charge in [0.05, 0.1) is 21.7 Å². The fourth-order valence-corrected chi connectivity index (χ4v) is 6.17. The molecule has 0 unspecified atom stereocenters. The molecular formula is C25H31N3O5S2. The van der Waals surface area contributed by atoms with E-state index >= 15 is 0 Å². The molecule has 0 aliphatic heterocycles. The maximum atomic E-state index is 13.0. The summed E-state index contributed by atoms with van der Waals surface area (Å²) in [5.41, 5.74) is 3.12. The van der Waals surface area contributed by atoms with E-state index in [9.17, 15) is 18.0 Å². The number of carbonyl (C=O) groups is 2. The van der Waals surface area contributed by atoms with E-state index in [0.29, 0.717) is 11.3 Å². The van der Waals surface area contributed by atoms with Crippen LogP contribution in [0.4, 0.5) is 0 Å². The second-order valence-corrected chi connectivity index (χ2v) is 11.4. The Bertz CT molecular complexity index is 1400. The smallest absolute Gasteiger partial charge is 0.326 e. The van der Waals surface area contributed by atoms with Crippen LogP contribution in [0, 0.1) is 13.8 Å². The molecule has 0 bridgehead atoms. The van der Waals surface area contributed by atoms with Crippen molar-refractivity contribution in [3.05, 3.63) is 57.9 Å². The summed E-state index contributed by atoms with van der Waals surface area (Å²) in [7, 11) is -2.08. The minimum atomic E-state index is -3.63. The maximum absolute atomic E-state index is 13.0. The van der Waals surface area contributed by atoms with Crippen LogP contribution >= 0.6 is 11.3 Å². The molecule has 188 valence electrons. The number of thiazole rings is 1. The maximum Gasteiger partial charge on any atom is 0.326 e. The third kappa shape index (κ3) is 6.06. The van der Waals surface area contributed by atoms with Crippen molar-refractivity contribution in [2.75, 3.05) is 20.2 Å². The number of rotatable bonds is 9. The van der Waals surface area contributed by atoms with Crippen LogP contribution in [0.15, 0.2) is 46.3 Å². The molecule has 0 aliphatic rings. The number of fused-ring (bicyclic) bond motifs is 1. The Balaban J connectivity index is 1.99. The Morgan fingerprint density at radius 3 is 2.43 bits per heavy atom. The first-order valence-electron chi connectivity index (χ1n) is 11.5. The van der Waals surface area contributed by atoms with Gasteiger partial charge in [-0.2, -0.15) is 4.99 Å². The topological polar surface area (TPSA) is 98.0 Å². The molecule has 0 radical (unpaired) electrons. The van der Waals surface area contributed by atoms with Gasteiger partial charge in [0.15, 0.2) is 4.80 Å². The summed E-state index contributed by atoms with van der Waals surface area (Å²) in [6, 6.07) is 9.78. The van der Waals surface area contributed by atoms with E-state index in [4.69, 9.17) is 4.74 Å². The van der Waals surface area contributed by atoms with Gasteiger partial charge < -0.3 is 9.30 Å². The standard InChI is InChI=1S/C25H31N3O5S2/c1-6-8-13-27(5)35(31,32)20-11-9-19(10-12-20)24(30)26-25-28(16-22(29)33-7-2)23-18(4)14-17(3)15-21(23)34-25/h9-12,14-15H,6-8,13,16H2,1-5H3. The molecule has 0 aliphatic carbocycles. The molecule has 3 aromatic rings. The van der Waals surface area contributed by atoms with Gasteiger partial charge in [-0.05, 0) is 68.7 Å². The number of ether oxygens (including phenoxy) is 1. The van der Waals surface area contributed by atoms with Gasteiger partial charge in [-0.25, -0.2) is 12.7 Å². The molecular weight excluding hydrogens is 486 g/mol. The van der Waals surface area contributed by atoms with Crippen LogP contribution in [0.5, 0.6) is 0 Å². The average molecular weight is 518 g/mol. The summed E-state index contributed by atoms with van der Waals surface area (Å²) in [5, 5.41) is 0. The van der Waals surface area contributed by atoms with E-state index in [1.54, 1.807) is 18.5 Å². The molecule has 0 N–H and O–H groups in total. The van der Waals surface area contributed by atoms with Gasteiger partial charge in [-0.1, -0.05) is 30.7 Å². The molecule has 1 amide bonds. The predicted molar refractivity (Wildman–Crippen MR) is 137 cm³/mol. The van der Waals surface area contributed by atoms with Crippen molar-refractivity contribution in [2.45, 2.75) is 52.0 Å². The number of aryl methyl sites for hydroxylation is 2. The monoisotopic (exact) mass is 517 g/mol. The first-order valence-corrected chi connectivity index (χ1v) is 13.8. The lowest BCUT2D eigenvalue weighted by Crippen LogP contribution is -2.28. The summed E-state index contributed by atoms with van der Waals surface area (Å²) < 4.78 is 34.5. The number of nitrogens with zero attached hydrogens (tertiary/aromatic N) is 3. The summed E-state index contributed by atoms with van der Waals surface area (Å²) >= 11 is 1.32. The second kappa shape index (κ2) is 11.3. The Labute approximate surface area is 209 Å². The van der Waals surface area contributed by atoms with Crippen LogP contribution in [-0.4, -0.2) is 49.4 Å². The Kier molecular flexibility index (Phi) is 8.63. The number of sulfonamides is 1. The Hall–Kier alpha value is -2.82. The average Bonchev–Trinajstić information content (AvgIpc) is 3.13. The first kappa shape index (κ1) is 26.8. The number of amides is 1. The molecule has 0 atom stereocenters. The predicted octanol–water partition coefficient (Wildman–Crippen LogP) is 4.04. The molecule has 8 nitrogen and oxygen atoms in total. The third-order valence-corrected chi connectivity index (χ3v) is 8.43. The number of aromatic nitrogens is 1. The number of esters is 1. The van der Waals surface area contributed by atoms with Gasteiger partial charge in [0.2, 0.25) is 10.0 Å². The van der Waals surface area contributed by atoms with Gasteiger partial charge in [0, 0.05) is 19.2 Å². The van der Waals surface area contributed by atoms with Crippen LogP contribution < -0.4 is 4.80 Å². The van der Waals surface area contributed by atoms with Crippen molar-refractivity contribution < 1.29 is 22.7 Å². The van der Waals surface area contributed by atoms with Crippen molar-refractivity contribution >= 4 is 43.5 Å². The zero-order valence-corrected chi connectivity index (χ0v) is 22.3. The molecule has 0 fully saturated rings. The molecule has 1 aromatic heterocycles. The van der Waals surface area contributed by atoms with E-state index in [2.05, 4.69) is 4.99 Å². The van der Waals surface area contributed by atoms with Crippen LogP contribution in [-0.2, 0) is 26.1 Å². The van der Waals surface area contributed by atoms with Crippen molar-refractivity contribution in [3.63, 3.8) is 0 Å². The van der Waals surface area contributed by atoms with E-state index < -0.39 is 21.9 Å². The zero-order chi connectivity index (χ0) is 25.8. The molecule has 1 heterocycles. The fourth-order valence-electron chi connectivity index (χ4n) is 3.76.